The molecule has 0 atom stereocenters. The molecule has 1 aromatic carbocycles. The Morgan fingerprint density at radius 1 is 1.44 bits per heavy atom. The summed E-state index contributed by atoms with van der Waals surface area (Å²) in [5.41, 5.74) is 1.03. The number of halogens is 1. The number of benzene rings is 1. The Morgan fingerprint density at radius 3 is 2.75 bits per heavy atom. The highest BCUT2D eigenvalue weighted by Gasteiger charge is 2.08. The fraction of sp³-hybridized carbons (Fsp3) is 0.0909. The molecular weight excluding hydrogens is 272 g/mol. The van der Waals surface area contributed by atoms with Gasteiger partial charge in [0.1, 0.15) is 5.82 Å². The van der Waals surface area contributed by atoms with Gasteiger partial charge in [0.25, 0.3) is 0 Å². The number of aromatic nitrogens is 2. The van der Waals surface area contributed by atoms with Crippen molar-refractivity contribution < 1.29 is 9.90 Å². The van der Waals surface area contributed by atoms with Gasteiger partial charge in [0, 0.05) is 22.6 Å². The number of carbonyl (C=O) groups is 1. The summed E-state index contributed by atoms with van der Waals surface area (Å²) in [7, 11) is 0. The molecule has 16 heavy (non-hydrogen) atoms. The quantitative estimate of drug-likeness (QED) is 0.920. The number of rotatable bonds is 2. The second-order valence-electron chi connectivity index (χ2n) is 3.35. The fourth-order valence-electron chi connectivity index (χ4n) is 1.49. The molecule has 1 N–H and O–H groups in total. The van der Waals surface area contributed by atoms with Gasteiger partial charge >= 0.3 is 5.97 Å². The molecule has 0 amide bonds. The predicted molar refractivity (Wildman–Crippen MR) is 63.0 cm³/mol. The Balaban J connectivity index is 2.58. The number of carboxylic acids is 1. The molecule has 2 aromatic rings. The van der Waals surface area contributed by atoms with Crippen LogP contribution in [0.5, 0.6) is 0 Å². The number of carboxylic acid groups (broad SMARTS) is 1. The van der Waals surface area contributed by atoms with E-state index in [9.17, 15) is 4.79 Å². The van der Waals surface area contributed by atoms with Crippen LogP contribution in [0, 0.1) is 6.92 Å². The van der Waals surface area contributed by atoms with Crippen molar-refractivity contribution in [1.82, 2.24) is 9.55 Å². The van der Waals surface area contributed by atoms with Gasteiger partial charge < -0.3 is 9.67 Å². The third kappa shape index (κ3) is 1.99. The standard InChI is InChI=1S/C11H9BrN2O2/c1-7-13-2-3-14(7)10-5-8(11(15)16)4-9(12)6-10/h2-6H,1H3,(H,15,16). The molecule has 0 aliphatic heterocycles. The van der Waals surface area contributed by atoms with Crippen LogP contribution in [-0.2, 0) is 0 Å². The average molecular weight is 281 g/mol. The number of nitrogens with zero attached hydrogens (tertiary/aromatic N) is 2. The van der Waals surface area contributed by atoms with Gasteiger partial charge in [-0.3, -0.25) is 0 Å². The van der Waals surface area contributed by atoms with Crippen molar-refractivity contribution in [2.75, 3.05) is 0 Å². The topological polar surface area (TPSA) is 55.1 Å². The first-order chi connectivity index (χ1) is 7.58. The van der Waals surface area contributed by atoms with Crippen LogP contribution in [0.3, 0.4) is 0 Å². The third-order valence-electron chi connectivity index (χ3n) is 2.23. The highest BCUT2D eigenvalue weighted by atomic mass is 79.9. The average Bonchev–Trinajstić information content (AvgIpc) is 2.63. The van der Waals surface area contributed by atoms with E-state index in [4.69, 9.17) is 5.11 Å². The summed E-state index contributed by atoms with van der Waals surface area (Å²) >= 11 is 3.29. The highest BCUT2D eigenvalue weighted by molar-refractivity contribution is 9.10. The van der Waals surface area contributed by atoms with Crippen molar-refractivity contribution in [1.29, 1.82) is 0 Å². The molecule has 1 aromatic heterocycles. The van der Waals surface area contributed by atoms with Crippen molar-refractivity contribution in [3.8, 4) is 5.69 Å². The van der Waals surface area contributed by atoms with Crippen LogP contribution in [0.4, 0.5) is 0 Å². The second kappa shape index (κ2) is 4.09. The summed E-state index contributed by atoms with van der Waals surface area (Å²) in [5.74, 6) is -0.130. The third-order valence-corrected chi connectivity index (χ3v) is 2.69. The van der Waals surface area contributed by atoms with Gasteiger partial charge in [-0.15, -0.1) is 0 Å². The van der Waals surface area contributed by atoms with E-state index >= 15 is 0 Å². The lowest BCUT2D eigenvalue weighted by Crippen LogP contribution is -2.01. The molecule has 0 spiro atoms. The Morgan fingerprint density at radius 2 is 2.19 bits per heavy atom. The van der Waals surface area contributed by atoms with Gasteiger partial charge in [0.2, 0.25) is 0 Å². The normalized spacial score (nSPS) is 10.4. The SMILES string of the molecule is Cc1nccn1-c1cc(Br)cc(C(=O)O)c1. The van der Waals surface area contributed by atoms with Gasteiger partial charge in [-0.1, -0.05) is 15.9 Å². The second-order valence-corrected chi connectivity index (χ2v) is 4.26. The van der Waals surface area contributed by atoms with E-state index in [0.29, 0.717) is 0 Å². The van der Waals surface area contributed by atoms with E-state index in [1.165, 1.54) is 0 Å². The van der Waals surface area contributed by atoms with Crippen LogP contribution in [0.25, 0.3) is 5.69 Å². The molecular formula is C11H9BrN2O2. The predicted octanol–water partition coefficient (Wildman–Crippen LogP) is 2.64. The minimum Gasteiger partial charge on any atom is -0.478 e. The van der Waals surface area contributed by atoms with Crippen LogP contribution >= 0.6 is 15.9 Å². The van der Waals surface area contributed by atoms with E-state index < -0.39 is 5.97 Å². The van der Waals surface area contributed by atoms with E-state index in [1.54, 1.807) is 24.5 Å². The molecule has 1 heterocycles. The molecule has 0 saturated heterocycles. The lowest BCUT2D eigenvalue weighted by Gasteiger charge is -2.07. The van der Waals surface area contributed by atoms with Crippen LogP contribution < -0.4 is 0 Å². The number of aryl methyl sites for hydroxylation is 1. The largest absolute Gasteiger partial charge is 0.478 e. The minimum atomic E-state index is -0.944. The van der Waals surface area contributed by atoms with E-state index in [2.05, 4.69) is 20.9 Å². The molecule has 0 saturated carbocycles. The van der Waals surface area contributed by atoms with Crippen molar-refractivity contribution in [2.24, 2.45) is 0 Å². The Labute approximate surface area is 101 Å². The molecule has 0 aliphatic rings. The zero-order chi connectivity index (χ0) is 11.7. The van der Waals surface area contributed by atoms with Crippen molar-refractivity contribution >= 4 is 21.9 Å². The van der Waals surface area contributed by atoms with E-state index in [0.717, 1.165) is 16.0 Å². The smallest absolute Gasteiger partial charge is 0.335 e. The summed E-state index contributed by atoms with van der Waals surface area (Å²) in [6.07, 6.45) is 3.47. The maximum atomic E-state index is 10.9. The van der Waals surface area contributed by atoms with E-state index in [-0.39, 0.29) is 5.56 Å². The van der Waals surface area contributed by atoms with Crippen molar-refractivity contribution in [2.45, 2.75) is 6.92 Å². The molecule has 82 valence electrons. The molecule has 0 fully saturated rings. The molecule has 0 bridgehead atoms. The van der Waals surface area contributed by atoms with Crippen LogP contribution in [-0.4, -0.2) is 20.6 Å². The molecule has 0 unspecified atom stereocenters. The van der Waals surface area contributed by atoms with Crippen LogP contribution in [0.15, 0.2) is 35.1 Å². The van der Waals surface area contributed by atoms with Crippen LogP contribution in [0.1, 0.15) is 16.2 Å². The fourth-order valence-corrected chi connectivity index (χ4v) is 1.97. The zero-order valence-corrected chi connectivity index (χ0v) is 10.1. The first-order valence-electron chi connectivity index (χ1n) is 4.62. The maximum absolute atomic E-state index is 10.9. The molecule has 0 radical (unpaired) electrons. The number of hydrogen-bond acceptors (Lipinski definition) is 2. The van der Waals surface area contributed by atoms with Crippen molar-refractivity contribution in [3.05, 3.63) is 46.5 Å². The minimum absolute atomic E-state index is 0.248. The first-order valence-corrected chi connectivity index (χ1v) is 5.41. The van der Waals surface area contributed by atoms with Gasteiger partial charge in [0.05, 0.1) is 5.56 Å². The number of aromatic carboxylic acids is 1. The summed E-state index contributed by atoms with van der Waals surface area (Å²) in [4.78, 5) is 15.0. The number of imidazole rings is 1. The summed E-state index contributed by atoms with van der Waals surface area (Å²) in [5, 5.41) is 8.95. The van der Waals surface area contributed by atoms with E-state index in [1.807, 2.05) is 17.6 Å². The zero-order valence-electron chi connectivity index (χ0n) is 8.51. The monoisotopic (exact) mass is 280 g/mol. The molecule has 0 aliphatic carbocycles. The first kappa shape index (κ1) is 10.9. The summed E-state index contributed by atoms with van der Waals surface area (Å²) < 4.78 is 2.56. The molecule has 4 nitrogen and oxygen atoms in total. The molecule has 2 rings (SSSR count). The Kier molecular flexibility index (Phi) is 2.78. The van der Waals surface area contributed by atoms with Crippen LogP contribution in [0.2, 0.25) is 0 Å². The summed E-state index contributed by atoms with van der Waals surface area (Å²) in [6.45, 7) is 1.86. The maximum Gasteiger partial charge on any atom is 0.335 e. The number of hydrogen-bond donors (Lipinski definition) is 1. The Hall–Kier alpha value is -1.62. The van der Waals surface area contributed by atoms with Gasteiger partial charge in [-0.2, -0.15) is 0 Å². The van der Waals surface area contributed by atoms with Gasteiger partial charge in [-0.25, -0.2) is 9.78 Å². The van der Waals surface area contributed by atoms with Gasteiger partial charge in [0.15, 0.2) is 0 Å². The van der Waals surface area contributed by atoms with Gasteiger partial charge in [-0.05, 0) is 25.1 Å². The van der Waals surface area contributed by atoms with Crippen molar-refractivity contribution in [3.63, 3.8) is 0 Å². The molecule has 5 heteroatoms. The lowest BCUT2D eigenvalue weighted by molar-refractivity contribution is 0.0697. The lowest BCUT2D eigenvalue weighted by atomic mass is 10.2. The Bertz CT molecular complexity index is 549. The highest BCUT2D eigenvalue weighted by Crippen LogP contribution is 2.19. The summed E-state index contributed by atoms with van der Waals surface area (Å²) in [6, 6.07) is 5.03.